The number of fused-ring (bicyclic) bond motifs is 2. The molecule has 0 unspecified atom stereocenters. The standard InChI is InChI=1S/C30H30N6/c1-3-8-20(2)24-9-7-10-27-25(24)15-28(33-27)29-26-14-23(18-32-30(26)35-34-29)22-13-21(16-31-17-22)19-36-11-5-4-6-12-36/h3,7-10,13-18,33H,1,4-6,11-12,19H2,2H3,(H,32,34,35)/b20-8+. The molecular formula is C30H30N6. The zero-order valence-corrected chi connectivity index (χ0v) is 20.6. The Morgan fingerprint density at radius 3 is 2.75 bits per heavy atom. The number of nitrogens with one attached hydrogen (secondary N) is 2. The molecule has 6 nitrogen and oxygen atoms in total. The maximum atomic E-state index is 4.66. The van der Waals surface area contributed by atoms with E-state index < -0.39 is 0 Å². The summed E-state index contributed by atoms with van der Waals surface area (Å²) >= 11 is 0. The van der Waals surface area contributed by atoms with Crippen LogP contribution in [-0.2, 0) is 6.54 Å². The smallest absolute Gasteiger partial charge is 0.181 e. The van der Waals surface area contributed by atoms with Crippen molar-refractivity contribution in [3.05, 3.63) is 84.8 Å². The highest BCUT2D eigenvalue weighted by Gasteiger charge is 2.15. The lowest BCUT2D eigenvalue weighted by atomic mass is 10.0. The fourth-order valence-electron chi connectivity index (χ4n) is 5.27. The summed E-state index contributed by atoms with van der Waals surface area (Å²) in [5, 5.41) is 9.85. The van der Waals surface area contributed by atoms with Gasteiger partial charge in [0.1, 0.15) is 0 Å². The fraction of sp³-hybridized carbons (Fsp3) is 0.233. The van der Waals surface area contributed by atoms with Crippen LogP contribution in [0.2, 0.25) is 0 Å². The predicted octanol–water partition coefficient (Wildman–Crippen LogP) is 6.74. The van der Waals surface area contributed by atoms with Crippen molar-refractivity contribution in [3.8, 4) is 22.5 Å². The highest BCUT2D eigenvalue weighted by molar-refractivity contribution is 5.99. The van der Waals surface area contributed by atoms with Gasteiger partial charge < -0.3 is 4.98 Å². The Labute approximate surface area is 210 Å². The molecule has 1 fully saturated rings. The molecule has 1 saturated heterocycles. The van der Waals surface area contributed by atoms with Crippen molar-refractivity contribution >= 4 is 27.5 Å². The number of benzene rings is 1. The molecule has 6 rings (SSSR count). The Morgan fingerprint density at radius 2 is 1.89 bits per heavy atom. The van der Waals surface area contributed by atoms with Crippen molar-refractivity contribution in [1.29, 1.82) is 0 Å². The second-order valence-corrected chi connectivity index (χ2v) is 9.65. The summed E-state index contributed by atoms with van der Waals surface area (Å²) in [6.07, 6.45) is 13.6. The van der Waals surface area contributed by atoms with E-state index in [2.05, 4.69) is 80.0 Å². The van der Waals surface area contributed by atoms with E-state index in [-0.39, 0.29) is 0 Å². The minimum absolute atomic E-state index is 0.702. The third kappa shape index (κ3) is 4.25. The minimum Gasteiger partial charge on any atom is -0.353 e. The van der Waals surface area contributed by atoms with E-state index >= 15 is 0 Å². The van der Waals surface area contributed by atoms with Gasteiger partial charge in [0.15, 0.2) is 5.65 Å². The zero-order chi connectivity index (χ0) is 24.5. The molecule has 2 N–H and O–H groups in total. The van der Waals surface area contributed by atoms with Gasteiger partial charge in [-0.25, -0.2) is 4.98 Å². The lowest BCUT2D eigenvalue weighted by Crippen LogP contribution is -2.29. The van der Waals surface area contributed by atoms with E-state index in [1.807, 2.05) is 30.7 Å². The molecule has 4 aromatic heterocycles. The number of hydrogen-bond acceptors (Lipinski definition) is 4. The number of pyridine rings is 2. The summed E-state index contributed by atoms with van der Waals surface area (Å²) in [5.74, 6) is 0. The molecular weight excluding hydrogens is 444 g/mol. The maximum absolute atomic E-state index is 4.66. The van der Waals surface area contributed by atoms with Crippen LogP contribution in [0.1, 0.15) is 37.3 Å². The Morgan fingerprint density at radius 1 is 1.03 bits per heavy atom. The first-order chi connectivity index (χ1) is 17.7. The lowest BCUT2D eigenvalue weighted by molar-refractivity contribution is 0.220. The largest absolute Gasteiger partial charge is 0.353 e. The van der Waals surface area contributed by atoms with Gasteiger partial charge in [0, 0.05) is 52.6 Å². The molecule has 0 atom stereocenters. The number of nitrogens with zero attached hydrogens (tertiary/aromatic N) is 4. The van der Waals surface area contributed by atoms with Crippen LogP contribution in [0.4, 0.5) is 0 Å². The molecule has 6 heteroatoms. The van der Waals surface area contributed by atoms with Gasteiger partial charge in [-0.1, -0.05) is 37.3 Å². The Balaban J connectivity index is 1.37. The third-order valence-corrected chi connectivity index (χ3v) is 7.12. The summed E-state index contributed by atoms with van der Waals surface area (Å²) in [4.78, 5) is 15.3. The van der Waals surface area contributed by atoms with Crippen molar-refractivity contribution in [2.24, 2.45) is 0 Å². The molecule has 0 amide bonds. The van der Waals surface area contributed by atoms with Gasteiger partial charge in [0.05, 0.1) is 11.4 Å². The van der Waals surface area contributed by atoms with Crippen LogP contribution in [0.5, 0.6) is 0 Å². The number of aromatic amines is 2. The van der Waals surface area contributed by atoms with Gasteiger partial charge in [-0.3, -0.25) is 15.0 Å². The molecule has 180 valence electrons. The summed E-state index contributed by atoms with van der Waals surface area (Å²) in [7, 11) is 0. The lowest BCUT2D eigenvalue weighted by Gasteiger charge is -2.26. The highest BCUT2D eigenvalue weighted by atomic mass is 15.2. The molecule has 1 aromatic carbocycles. The topological polar surface area (TPSA) is 73.5 Å². The Kier molecular flexibility index (Phi) is 5.95. The molecule has 5 heterocycles. The van der Waals surface area contributed by atoms with Crippen LogP contribution in [0.15, 0.2) is 73.7 Å². The third-order valence-electron chi connectivity index (χ3n) is 7.12. The number of piperidine rings is 1. The molecule has 1 aliphatic rings. The summed E-state index contributed by atoms with van der Waals surface area (Å²) in [6, 6.07) is 12.9. The second kappa shape index (κ2) is 9.55. The van der Waals surface area contributed by atoms with Crippen LogP contribution >= 0.6 is 0 Å². The summed E-state index contributed by atoms with van der Waals surface area (Å²) < 4.78 is 0. The first-order valence-electron chi connectivity index (χ1n) is 12.6. The van der Waals surface area contributed by atoms with Gasteiger partial charge in [-0.2, -0.15) is 5.10 Å². The molecule has 0 aliphatic carbocycles. The molecule has 0 spiro atoms. The van der Waals surface area contributed by atoms with E-state index in [0.29, 0.717) is 5.65 Å². The minimum atomic E-state index is 0.702. The summed E-state index contributed by atoms with van der Waals surface area (Å²) in [6.45, 7) is 9.24. The van der Waals surface area contributed by atoms with Crippen LogP contribution < -0.4 is 0 Å². The second-order valence-electron chi connectivity index (χ2n) is 9.65. The van der Waals surface area contributed by atoms with Crippen LogP contribution in [-0.4, -0.2) is 43.1 Å². The van der Waals surface area contributed by atoms with Crippen LogP contribution in [0.3, 0.4) is 0 Å². The van der Waals surface area contributed by atoms with E-state index in [1.165, 1.54) is 54.4 Å². The van der Waals surface area contributed by atoms with Crippen molar-refractivity contribution < 1.29 is 0 Å². The Hall–Kier alpha value is -4.03. The average molecular weight is 475 g/mol. The Bertz CT molecular complexity index is 1580. The predicted molar refractivity (Wildman–Crippen MR) is 147 cm³/mol. The van der Waals surface area contributed by atoms with Crippen molar-refractivity contribution in [2.75, 3.05) is 13.1 Å². The molecule has 1 aliphatic heterocycles. The highest BCUT2D eigenvalue weighted by Crippen LogP contribution is 2.33. The SMILES string of the molecule is C=C/C=C(\C)c1cccc2[nH]c(-c3[nH]nc4ncc(-c5cncc(CN6CCCCC6)c5)cc34)cc12. The maximum Gasteiger partial charge on any atom is 0.181 e. The molecule has 0 bridgehead atoms. The number of allylic oxidation sites excluding steroid dienone is 3. The summed E-state index contributed by atoms with van der Waals surface area (Å²) in [5.41, 5.74) is 9.44. The van der Waals surface area contributed by atoms with Crippen LogP contribution in [0.25, 0.3) is 50.0 Å². The molecule has 36 heavy (non-hydrogen) atoms. The molecule has 0 radical (unpaired) electrons. The first-order valence-corrected chi connectivity index (χ1v) is 12.6. The van der Waals surface area contributed by atoms with E-state index in [4.69, 9.17) is 0 Å². The van der Waals surface area contributed by atoms with Gasteiger partial charge >= 0.3 is 0 Å². The van der Waals surface area contributed by atoms with Crippen molar-refractivity contribution in [3.63, 3.8) is 0 Å². The van der Waals surface area contributed by atoms with E-state index in [0.717, 1.165) is 40.0 Å². The monoisotopic (exact) mass is 474 g/mol. The number of rotatable bonds is 6. The number of H-pyrrole nitrogens is 2. The average Bonchev–Trinajstić information content (AvgIpc) is 3.53. The van der Waals surface area contributed by atoms with E-state index in [1.54, 1.807) is 0 Å². The number of aromatic nitrogens is 5. The number of likely N-dealkylation sites (tertiary alicyclic amines) is 1. The zero-order valence-electron chi connectivity index (χ0n) is 20.6. The molecule has 5 aromatic rings. The quantitative estimate of drug-likeness (QED) is 0.267. The van der Waals surface area contributed by atoms with Crippen LogP contribution in [0, 0.1) is 0 Å². The first kappa shape index (κ1) is 22.4. The van der Waals surface area contributed by atoms with Gasteiger partial charge in [-0.05, 0) is 73.8 Å². The van der Waals surface area contributed by atoms with Crippen molar-refractivity contribution in [2.45, 2.75) is 32.7 Å². The number of hydrogen-bond donors (Lipinski definition) is 2. The molecule has 0 saturated carbocycles. The van der Waals surface area contributed by atoms with Gasteiger partial charge in [0.2, 0.25) is 0 Å². The van der Waals surface area contributed by atoms with E-state index in [9.17, 15) is 0 Å². The van der Waals surface area contributed by atoms with Gasteiger partial charge in [0.25, 0.3) is 0 Å². The fourth-order valence-corrected chi connectivity index (χ4v) is 5.27. The van der Waals surface area contributed by atoms with Crippen molar-refractivity contribution in [1.82, 2.24) is 30.0 Å². The normalized spacial score (nSPS) is 15.1. The van der Waals surface area contributed by atoms with Gasteiger partial charge in [-0.15, -0.1) is 0 Å².